The summed E-state index contributed by atoms with van der Waals surface area (Å²) < 4.78 is 0. The van der Waals surface area contributed by atoms with Gasteiger partial charge in [-0.15, -0.1) is 23.1 Å². The zero-order chi connectivity index (χ0) is 14.9. The van der Waals surface area contributed by atoms with Gasteiger partial charge in [-0.1, -0.05) is 0 Å². The van der Waals surface area contributed by atoms with E-state index in [-0.39, 0.29) is 5.78 Å². The Hall–Kier alpha value is -0.720. The monoisotopic (exact) mass is 313 g/mol. The third kappa shape index (κ3) is 2.97. The van der Waals surface area contributed by atoms with Crippen molar-refractivity contribution in [3.8, 4) is 0 Å². The molecule has 20 heavy (non-hydrogen) atoms. The van der Waals surface area contributed by atoms with Gasteiger partial charge in [-0.05, 0) is 33.2 Å². The molecule has 0 radical (unpaired) electrons. The Morgan fingerprint density at radius 2 is 2.25 bits per heavy atom. The zero-order valence-electron chi connectivity index (χ0n) is 12.6. The Balaban J connectivity index is 2.36. The summed E-state index contributed by atoms with van der Waals surface area (Å²) in [7, 11) is 4.21. The number of Topliss-reactive ketones (excluding diaryl/α,β-unsaturated/α-hetero) is 1. The molecular weight excluding hydrogens is 290 g/mol. The Morgan fingerprint density at radius 3 is 2.80 bits per heavy atom. The van der Waals surface area contributed by atoms with E-state index in [1.54, 1.807) is 30.0 Å². The molecule has 0 aromatic carbocycles. The van der Waals surface area contributed by atoms with Crippen molar-refractivity contribution in [3.63, 3.8) is 0 Å². The number of carbonyl (C=O) groups excluding carboxylic acids is 1. The van der Waals surface area contributed by atoms with Crippen LogP contribution in [0.15, 0.2) is 4.90 Å². The number of rotatable bonds is 5. The van der Waals surface area contributed by atoms with Crippen LogP contribution in [-0.4, -0.2) is 50.2 Å². The largest absolute Gasteiger partial charge is 0.396 e. The molecule has 2 rings (SSSR count). The zero-order valence-corrected chi connectivity index (χ0v) is 14.2. The van der Waals surface area contributed by atoms with Crippen LogP contribution < -0.4 is 10.6 Å². The summed E-state index contributed by atoms with van der Waals surface area (Å²) in [5.41, 5.74) is 6.83. The number of nitrogen functional groups attached to an aromatic ring is 1. The molecule has 1 saturated heterocycles. The number of nitrogens with two attached hydrogens (primary N) is 1. The highest BCUT2D eigenvalue weighted by molar-refractivity contribution is 7.99. The number of nitrogens with zero attached hydrogens (tertiary/aromatic N) is 2. The molecule has 0 amide bonds. The van der Waals surface area contributed by atoms with Gasteiger partial charge < -0.3 is 15.5 Å². The fourth-order valence-electron chi connectivity index (χ4n) is 2.78. The van der Waals surface area contributed by atoms with Crippen LogP contribution in [0.3, 0.4) is 0 Å². The lowest BCUT2D eigenvalue weighted by Crippen LogP contribution is -2.37. The minimum atomic E-state index is 0.0670. The first-order valence-corrected chi connectivity index (χ1v) is 8.88. The molecule has 1 aromatic heterocycles. The van der Waals surface area contributed by atoms with E-state index >= 15 is 0 Å². The second-order valence-electron chi connectivity index (χ2n) is 5.49. The number of carbonyl (C=O) groups is 1. The van der Waals surface area contributed by atoms with E-state index in [0.717, 1.165) is 18.0 Å². The van der Waals surface area contributed by atoms with Crippen LogP contribution >= 0.6 is 23.1 Å². The molecule has 0 bridgehead atoms. The van der Waals surface area contributed by atoms with Gasteiger partial charge in [0.15, 0.2) is 5.78 Å². The van der Waals surface area contributed by atoms with Gasteiger partial charge in [0.25, 0.3) is 0 Å². The summed E-state index contributed by atoms with van der Waals surface area (Å²) in [6.07, 6.45) is 4.45. The minimum Gasteiger partial charge on any atom is -0.396 e. The van der Waals surface area contributed by atoms with Gasteiger partial charge >= 0.3 is 0 Å². The quantitative estimate of drug-likeness (QED) is 0.669. The first-order chi connectivity index (χ1) is 9.45. The van der Waals surface area contributed by atoms with Gasteiger partial charge in [0.05, 0.1) is 15.5 Å². The molecule has 1 unspecified atom stereocenters. The number of hydrogen-bond donors (Lipinski definition) is 1. The van der Waals surface area contributed by atoms with Crippen molar-refractivity contribution >= 4 is 39.6 Å². The average Bonchev–Trinajstić information content (AvgIpc) is 2.92. The van der Waals surface area contributed by atoms with Gasteiger partial charge in [0.2, 0.25) is 0 Å². The fraction of sp³-hybridized carbons (Fsp3) is 0.643. The summed E-state index contributed by atoms with van der Waals surface area (Å²) >= 11 is 3.20. The number of thiophene rings is 1. The Morgan fingerprint density at radius 1 is 1.55 bits per heavy atom. The lowest BCUT2D eigenvalue weighted by atomic mass is 10.2. The molecule has 112 valence electrons. The van der Waals surface area contributed by atoms with Crippen molar-refractivity contribution in [2.24, 2.45) is 0 Å². The van der Waals surface area contributed by atoms with Crippen molar-refractivity contribution in [1.29, 1.82) is 0 Å². The number of hydrogen-bond acceptors (Lipinski definition) is 6. The lowest BCUT2D eigenvalue weighted by molar-refractivity contribution is 0.102. The highest BCUT2D eigenvalue weighted by atomic mass is 32.2. The smallest absolute Gasteiger partial charge is 0.171 e. The molecule has 2 heterocycles. The molecule has 0 saturated carbocycles. The molecule has 0 aliphatic carbocycles. The molecular formula is C14H23N3OS2. The number of likely N-dealkylation sites (N-methyl/N-ethyl adjacent to an activating group) is 1. The highest BCUT2D eigenvalue weighted by Crippen LogP contribution is 2.46. The molecule has 1 fully saturated rings. The maximum absolute atomic E-state index is 11.7. The van der Waals surface area contributed by atoms with Gasteiger partial charge in [-0.2, -0.15) is 0 Å². The second kappa shape index (κ2) is 6.37. The Labute approximate surface area is 129 Å². The van der Waals surface area contributed by atoms with E-state index in [4.69, 9.17) is 5.73 Å². The molecule has 1 aliphatic rings. The van der Waals surface area contributed by atoms with E-state index in [0.29, 0.717) is 16.6 Å². The third-order valence-electron chi connectivity index (χ3n) is 3.62. The Bertz CT molecular complexity index is 499. The van der Waals surface area contributed by atoms with E-state index in [1.807, 2.05) is 6.26 Å². The first kappa shape index (κ1) is 15.7. The van der Waals surface area contributed by atoms with Crippen LogP contribution in [0.25, 0.3) is 0 Å². The van der Waals surface area contributed by atoms with Gasteiger partial charge in [0, 0.05) is 26.1 Å². The van der Waals surface area contributed by atoms with Crippen molar-refractivity contribution < 1.29 is 4.79 Å². The van der Waals surface area contributed by atoms with Crippen LogP contribution in [0, 0.1) is 0 Å². The first-order valence-electron chi connectivity index (χ1n) is 6.84. The van der Waals surface area contributed by atoms with Crippen molar-refractivity contribution in [2.45, 2.75) is 30.7 Å². The van der Waals surface area contributed by atoms with Crippen LogP contribution in [-0.2, 0) is 0 Å². The van der Waals surface area contributed by atoms with Crippen LogP contribution in [0.5, 0.6) is 0 Å². The predicted molar refractivity (Wildman–Crippen MR) is 89.4 cm³/mol. The molecule has 1 aliphatic heterocycles. The van der Waals surface area contributed by atoms with Gasteiger partial charge in [0.1, 0.15) is 5.00 Å². The third-order valence-corrected chi connectivity index (χ3v) is 5.91. The molecule has 0 spiro atoms. The van der Waals surface area contributed by atoms with E-state index < -0.39 is 0 Å². The summed E-state index contributed by atoms with van der Waals surface area (Å²) in [6, 6.07) is 0.522. The Kier molecular flexibility index (Phi) is 4.99. The lowest BCUT2D eigenvalue weighted by Gasteiger charge is -2.28. The van der Waals surface area contributed by atoms with Crippen molar-refractivity contribution in [2.75, 3.05) is 44.1 Å². The van der Waals surface area contributed by atoms with Crippen molar-refractivity contribution in [3.05, 3.63) is 4.88 Å². The standard InChI is InChI=1S/C14H23N3OS2/c1-9(18)12-11(15)13(19-4)14(20-12)17-7-5-6-10(17)8-16(2)3/h10H,5-8,15H2,1-4H3. The van der Waals surface area contributed by atoms with Gasteiger partial charge in [-0.25, -0.2) is 0 Å². The van der Waals surface area contributed by atoms with E-state index in [9.17, 15) is 4.79 Å². The molecule has 2 N–H and O–H groups in total. The second-order valence-corrected chi connectivity index (χ2v) is 7.31. The fourth-order valence-corrected chi connectivity index (χ4v) is 4.94. The highest BCUT2D eigenvalue weighted by Gasteiger charge is 2.30. The molecule has 1 aromatic rings. The van der Waals surface area contributed by atoms with Crippen LogP contribution in [0.1, 0.15) is 29.4 Å². The predicted octanol–water partition coefficient (Wildman–Crippen LogP) is 2.79. The minimum absolute atomic E-state index is 0.0670. The van der Waals surface area contributed by atoms with Crippen molar-refractivity contribution in [1.82, 2.24) is 4.90 Å². The van der Waals surface area contributed by atoms with Crippen LogP contribution in [0.2, 0.25) is 0 Å². The molecule has 6 heteroatoms. The topological polar surface area (TPSA) is 49.6 Å². The number of thioether (sulfide) groups is 1. The molecule has 1 atom stereocenters. The summed E-state index contributed by atoms with van der Waals surface area (Å²) in [5.74, 6) is 0.0670. The van der Waals surface area contributed by atoms with E-state index in [2.05, 4.69) is 23.9 Å². The summed E-state index contributed by atoms with van der Waals surface area (Å²) in [5, 5.41) is 1.18. The molecule has 4 nitrogen and oxygen atoms in total. The van der Waals surface area contributed by atoms with Gasteiger partial charge in [-0.3, -0.25) is 4.79 Å². The SMILES string of the molecule is CSc1c(N2CCCC2CN(C)C)sc(C(C)=O)c1N. The maximum atomic E-state index is 11.7. The average molecular weight is 313 g/mol. The van der Waals surface area contributed by atoms with E-state index in [1.165, 1.54) is 17.8 Å². The van der Waals surface area contributed by atoms with Crippen LogP contribution in [0.4, 0.5) is 10.7 Å². The summed E-state index contributed by atoms with van der Waals surface area (Å²) in [4.78, 5) is 18.2. The number of ketones is 1. The maximum Gasteiger partial charge on any atom is 0.171 e. The normalized spacial score (nSPS) is 19.1. The summed E-state index contributed by atoms with van der Waals surface area (Å²) in [6.45, 7) is 3.70. The number of anilines is 2.